The SMILES string of the molecule is C#CCCCC(N)c1ccc(CC)o1. The van der Waals surface area contributed by atoms with E-state index in [0.29, 0.717) is 0 Å². The topological polar surface area (TPSA) is 39.2 Å². The van der Waals surface area contributed by atoms with Crippen LogP contribution in [0.4, 0.5) is 0 Å². The van der Waals surface area contributed by atoms with Gasteiger partial charge in [-0.05, 0) is 25.0 Å². The minimum Gasteiger partial charge on any atom is -0.464 e. The van der Waals surface area contributed by atoms with Crippen molar-refractivity contribution in [2.75, 3.05) is 0 Å². The van der Waals surface area contributed by atoms with E-state index in [1.807, 2.05) is 12.1 Å². The molecule has 76 valence electrons. The van der Waals surface area contributed by atoms with Crippen LogP contribution in [0, 0.1) is 12.3 Å². The van der Waals surface area contributed by atoms with Gasteiger partial charge < -0.3 is 10.2 Å². The van der Waals surface area contributed by atoms with E-state index in [-0.39, 0.29) is 6.04 Å². The lowest BCUT2D eigenvalue weighted by molar-refractivity contribution is 0.421. The third-order valence-corrected chi connectivity index (χ3v) is 2.23. The Hall–Kier alpha value is -1.20. The standard InChI is InChI=1S/C12H17NO/c1-3-5-6-7-11(13)12-9-8-10(4-2)14-12/h1,8-9,11H,4-7,13H2,2H3. The Labute approximate surface area is 85.5 Å². The molecule has 1 atom stereocenters. The van der Waals surface area contributed by atoms with Crippen molar-refractivity contribution in [1.29, 1.82) is 0 Å². The Bertz CT molecular complexity index is 308. The molecule has 2 nitrogen and oxygen atoms in total. The molecular formula is C12H17NO. The zero-order chi connectivity index (χ0) is 10.4. The van der Waals surface area contributed by atoms with E-state index in [9.17, 15) is 0 Å². The molecule has 0 aliphatic rings. The molecule has 1 unspecified atom stereocenters. The second-order valence-corrected chi connectivity index (χ2v) is 3.36. The van der Waals surface area contributed by atoms with Gasteiger partial charge in [-0.25, -0.2) is 0 Å². The highest BCUT2D eigenvalue weighted by Crippen LogP contribution is 2.19. The van der Waals surface area contributed by atoms with Gasteiger partial charge in [0.05, 0.1) is 6.04 Å². The quantitative estimate of drug-likeness (QED) is 0.574. The largest absolute Gasteiger partial charge is 0.464 e. The van der Waals surface area contributed by atoms with E-state index in [0.717, 1.165) is 37.2 Å². The molecular weight excluding hydrogens is 174 g/mol. The van der Waals surface area contributed by atoms with Gasteiger partial charge in [-0.3, -0.25) is 0 Å². The molecule has 0 radical (unpaired) electrons. The molecule has 2 N–H and O–H groups in total. The van der Waals surface area contributed by atoms with Crippen molar-refractivity contribution in [3.63, 3.8) is 0 Å². The highest BCUT2D eigenvalue weighted by atomic mass is 16.3. The molecule has 0 fully saturated rings. The Morgan fingerprint density at radius 3 is 2.93 bits per heavy atom. The van der Waals surface area contributed by atoms with Gasteiger partial charge in [-0.1, -0.05) is 6.92 Å². The number of aryl methyl sites for hydroxylation is 1. The summed E-state index contributed by atoms with van der Waals surface area (Å²) < 4.78 is 5.55. The molecule has 0 bridgehead atoms. The Balaban J connectivity index is 2.44. The number of hydrogen-bond donors (Lipinski definition) is 1. The number of nitrogens with two attached hydrogens (primary N) is 1. The molecule has 1 aromatic heterocycles. The molecule has 0 amide bonds. The number of hydrogen-bond acceptors (Lipinski definition) is 2. The molecule has 14 heavy (non-hydrogen) atoms. The smallest absolute Gasteiger partial charge is 0.120 e. The Morgan fingerprint density at radius 2 is 2.36 bits per heavy atom. The van der Waals surface area contributed by atoms with Crippen molar-refractivity contribution in [1.82, 2.24) is 0 Å². The second-order valence-electron chi connectivity index (χ2n) is 3.36. The fourth-order valence-corrected chi connectivity index (χ4v) is 1.35. The molecule has 0 saturated carbocycles. The predicted octanol–water partition coefficient (Wildman–Crippen LogP) is 2.65. The van der Waals surface area contributed by atoms with E-state index in [1.165, 1.54) is 0 Å². The summed E-state index contributed by atoms with van der Waals surface area (Å²) in [7, 11) is 0. The number of terminal acetylenes is 1. The lowest BCUT2D eigenvalue weighted by Crippen LogP contribution is -2.08. The van der Waals surface area contributed by atoms with Gasteiger partial charge in [0.1, 0.15) is 11.5 Å². The van der Waals surface area contributed by atoms with Crippen molar-refractivity contribution in [3.8, 4) is 12.3 Å². The van der Waals surface area contributed by atoms with Crippen LogP contribution < -0.4 is 5.73 Å². The number of unbranched alkanes of at least 4 members (excludes halogenated alkanes) is 1. The van der Waals surface area contributed by atoms with Gasteiger partial charge >= 0.3 is 0 Å². The maximum absolute atomic E-state index is 5.94. The molecule has 0 aromatic carbocycles. The van der Waals surface area contributed by atoms with Crippen LogP contribution in [-0.2, 0) is 6.42 Å². The van der Waals surface area contributed by atoms with Gasteiger partial charge in [0.25, 0.3) is 0 Å². The lowest BCUT2D eigenvalue weighted by Gasteiger charge is -2.06. The zero-order valence-corrected chi connectivity index (χ0v) is 8.62. The normalized spacial score (nSPS) is 12.4. The summed E-state index contributed by atoms with van der Waals surface area (Å²) in [6.07, 6.45) is 8.71. The van der Waals surface area contributed by atoms with Crippen LogP contribution in [0.5, 0.6) is 0 Å². The minimum atomic E-state index is -0.0105. The fourth-order valence-electron chi connectivity index (χ4n) is 1.35. The highest BCUT2D eigenvalue weighted by molar-refractivity contribution is 5.10. The maximum Gasteiger partial charge on any atom is 0.120 e. The number of rotatable bonds is 5. The van der Waals surface area contributed by atoms with Crippen molar-refractivity contribution < 1.29 is 4.42 Å². The molecule has 1 heterocycles. The van der Waals surface area contributed by atoms with Crippen LogP contribution >= 0.6 is 0 Å². The predicted molar refractivity (Wildman–Crippen MR) is 57.7 cm³/mol. The van der Waals surface area contributed by atoms with E-state index in [1.54, 1.807) is 0 Å². The summed E-state index contributed by atoms with van der Waals surface area (Å²) in [4.78, 5) is 0. The van der Waals surface area contributed by atoms with Crippen LogP contribution in [-0.4, -0.2) is 0 Å². The Kier molecular flexibility index (Phi) is 4.28. The van der Waals surface area contributed by atoms with E-state index in [2.05, 4.69) is 12.8 Å². The molecule has 0 saturated heterocycles. The molecule has 1 aromatic rings. The summed E-state index contributed by atoms with van der Waals surface area (Å²) in [5.41, 5.74) is 5.94. The molecule has 0 spiro atoms. The van der Waals surface area contributed by atoms with E-state index in [4.69, 9.17) is 16.6 Å². The minimum absolute atomic E-state index is 0.0105. The van der Waals surface area contributed by atoms with Crippen LogP contribution in [0.1, 0.15) is 43.7 Å². The second kappa shape index (κ2) is 5.51. The molecule has 1 rings (SSSR count). The van der Waals surface area contributed by atoms with Crippen LogP contribution in [0.3, 0.4) is 0 Å². The zero-order valence-electron chi connectivity index (χ0n) is 8.62. The van der Waals surface area contributed by atoms with Crippen molar-refractivity contribution in [2.24, 2.45) is 5.73 Å². The summed E-state index contributed by atoms with van der Waals surface area (Å²) in [5, 5.41) is 0. The summed E-state index contributed by atoms with van der Waals surface area (Å²) in [5.74, 6) is 4.47. The van der Waals surface area contributed by atoms with Gasteiger partial charge in [0, 0.05) is 12.8 Å². The maximum atomic E-state index is 5.94. The molecule has 0 aliphatic heterocycles. The molecule has 0 aliphatic carbocycles. The first-order valence-electron chi connectivity index (χ1n) is 5.05. The van der Waals surface area contributed by atoms with Gasteiger partial charge in [-0.15, -0.1) is 12.3 Å². The van der Waals surface area contributed by atoms with Gasteiger partial charge in [0.15, 0.2) is 0 Å². The lowest BCUT2D eigenvalue weighted by atomic mass is 10.1. The summed E-state index contributed by atoms with van der Waals surface area (Å²) in [6, 6.07) is 3.93. The third-order valence-electron chi connectivity index (χ3n) is 2.23. The van der Waals surface area contributed by atoms with Gasteiger partial charge in [0.2, 0.25) is 0 Å². The monoisotopic (exact) mass is 191 g/mol. The first-order chi connectivity index (χ1) is 6.77. The summed E-state index contributed by atoms with van der Waals surface area (Å²) >= 11 is 0. The third kappa shape index (κ3) is 2.93. The van der Waals surface area contributed by atoms with Crippen LogP contribution in [0.25, 0.3) is 0 Å². The fraction of sp³-hybridized carbons (Fsp3) is 0.500. The van der Waals surface area contributed by atoms with Gasteiger partial charge in [-0.2, -0.15) is 0 Å². The van der Waals surface area contributed by atoms with E-state index < -0.39 is 0 Å². The van der Waals surface area contributed by atoms with Crippen molar-refractivity contribution in [2.45, 2.75) is 38.6 Å². The summed E-state index contributed by atoms with van der Waals surface area (Å²) in [6.45, 7) is 2.06. The first-order valence-corrected chi connectivity index (χ1v) is 5.05. The number of furan rings is 1. The van der Waals surface area contributed by atoms with Crippen LogP contribution in [0.2, 0.25) is 0 Å². The van der Waals surface area contributed by atoms with Crippen molar-refractivity contribution >= 4 is 0 Å². The Morgan fingerprint density at radius 1 is 1.57 bits per heavy atom. The van der Waals surface area contributed by atoms with E-state index >= 15 is 0 Å². The van der Waals surface area contributed by atoms with Crippen LogP contribution in [0.15, 0.2) is 16.5 Å². The highest BCUT2D eigenvalue weighted by Gasteiger charge is 2.09. The average molecular weight is 191 g/mol. The average Bonchev–Trinajstić information content (AvgIpc) is 2.66. The first kappa shape index (κ1) is 10.9. The molecule has 2 heteroatoms. The van der Waals surface area contributed by atoms with Crippen molar-refractivity contribution in [3.05, 3.63) is 23.7 Å².